The Labute approximate surface area is 146 Å². The zero-order valence-corrected chi connectivity index (χ0v) is 14.5. The Balaban J connectivity index is 1.46. The molecule has 1 atom stereocenters. The summed E-state index contributed by atoms with van der Waals surface area (Å²) in [6.45, 7) is 0.679. The quantitative estimate of drug-likeness (QED) is 0.907. The number of carbonyl (C=O) groups excluding carboxylic acids is 1. The van der Waals surface area contributed by atoms with Crippen LogP contribution in [0.25, 0.3) is 0 Å². The maximum Gasteiger partial charge on any atom is 0.259 e. The van der Waals surface area contributed by atoms with Crippen molar-refractivity contribution in [2.45, 2.75) is 18.9 Å². The molecular weight excluding hydrogens is 338 g/mol. The molecule has 4 rings (SSSR count). The first-order valence-corrected chi connectivity index (χ1v) is 10.2. The van der Waals surface area contributed by atoms with E-state index in [9.17, 15) is 13.2 Å². The fourth-order valence-electron chi connectivity index (χ4n) is 3.43. The number of sulfone groups is 1. The van der Waals surface area contributed by atoms with Crippen LogP contribution in [0.1, 0.15) is 22.3 Å². The highest BCUT2D eigenvalue weighted by molar-refractivity contribution is 7.91. The van der Waals surface area contributed by atoms with Gasteiger partial charge in [0, 0.05) is 24.5 Å². The average Bonchev–Trinajstić information content (AvgIpc) is 3.18. The summed E-state index contributed by atoms with van der Waals surface area (Å²) >= 11 is 0. The molecule has 0 bridgehead atoms. The Morgan fingerprint density at radius 3 is 2.76 bits per heavy atom. The van der Waals surface area contributed by atoms with E-state index in [0.29, 0.717) is 24.3 Å². The largest absolute Gasteiger partial charge is 0.366 e. The molecule has 0 saturated carbocycles. The van der Waals surface area contributed by atoms with E-state index in [4.69, 9.17) is 0 Å². The zero-order chi connectivity index (χ0) is 17.4. The third-order valence-electron chi connectivity index (χ3n) is 4.73. The fourth-order valence-corrected chi connectivity index (χ4v) is 5.10. The predicted molar refractivity (Wildman–Crippen MR) is 96.7 cm³/mol. The number of amides is 1. The molecule has 0 spiro atoms. The first-order chi connectivity index (χ1) is 12.0. The number of fused-ring (bicyclic) bond motifs is 1. The summed E-state index contributed by atoms with van der Waals surface area (Å²) in [5.41, 5.74) is 2.68. The second-order valence-electron chi connectivity index (χ2n) is 6.51. The Morgan fingerprint density at radius 2 is 2.04 bits per heavy atom. The minimum Gasteiger partial charge on any atom is -0.366 e. The van der Waals surface area contributed by atoms with Gasteiger partial charge in [-0.1, -0.05) is 18.2 Å². The molecule has 0 aliphatic carbocycles. The fraction of sp³-hybridized carbons (Fsp3) is 0.333. The maximum atomic E-state index is 12.7. The van der Waals surface area contributed by atoms with Gasteiger partial charge in [0.2, 0.25) is 0 Å². The minimum atomic E-state index is -2.93. The highest BCUT2D eigenvalue weighted by Gasteiger charge is 2.28. The van der Waals surface area contributed by atoms with Gasteiger partial charge < -0.3 is 10.2 Å². The van der Waals surface area contributed by atoms with Gasteiger partial charge in [-0.15, -0.1) is 0 Å². The van der Waals surface area contributed by atoms with E-state index < -0.39 is 9.84 Å². The molecule has 1 aromatic carbocycles. The lowest BCUT2D eigenvalue weighted by molar-refractivity contribution is 0.0989. The first kappa shape index (κ1) is 16.1. The normalized spacial score (nSPS) is 21.1. The topological polar surface area (TPSA) is 79.4 Å². The Bertz CT molecular complexity index is 909. The summed E-state index contributed by atoms with van der Waals surface area (Å²) < 4.78 is 23.0. The van der Waals surface area contributed by atoms with Crippen LogP contribution in [-0.4, -0.2) is 43.4 Å². The molecular formula is C18H19N3O3S. The maximum absolute atomic E-state index is 12.7. The molecule has 2 aromatic rings. The van der Waals surface area contributed by atoms with Gasteiger partial charge in [-0.3, -0.25) is 4.79 Å². The average molecular weight is 357 g/mol. The van der Waals surface area contributed by atoms with Crippen LogP contribution in [0.15, 0.2) is 42.6 Å². The van der Waals surface area contributed by atoms with Crippen molar-refractivity contribution in [3.05, 3.63) is 53.7 Å². The molecule has 3 heterocycles. The second kappa shape index (κ2) is 6.15. The van der Waals surface area contributed by atoms with Crippen molar-refractivity contribution in [1.29, 1.82) is 0 Å². The Morgan fingerprint density at radius 1 is 1.20 bits per heavy atom. The summed E-state index contributed by atoms with van der Waals surface area (Å²) in [5.74, 6) is 0.892. The molecule has 7 heteroatoms. The van der Waals surface area contributed by atoms with Crippen LogP contribution in [0.2, 0.25) is 0 Å². The van der Waals surface area contributed by atoms with E-state index in [0.717, 1.165) is 12.1 Å². The van der Waals surface area contributed by atoms with Crippen molar-refractivity contribution >= 4 is 27.2 Å². The third kappa shape index (κ3) is 3.24. The first-order valence-electron chi connectivity index (χ1n) is 8.35. The Kier molecular flexibility index (Phi) is 3.95. The molecule has 25 heavy (non-hydrogen) atoms. The second-order valence-corrected chi connectivity index (χ2v) is 8.74. The summed E-state index contributed by atoms with van der Waals surface area (Å²) in [6, 6.07) is 11.3. The highest BCUT2D eigenvalue weighted by Crippen LogP contribution is 2.28. The van der Waals surface area contributed by atoms with E-state index in [2.05, 4.69) is 10.3 Å². The van der Waals surface area contributed by atoms with Crippen molar-refractivity contribution in [1.82, 2.24) is 4.98 Å². The van der Waals surface area contributed by atoms with Crippen LogP contribution in [0.4, 0.5) is 11.5 Å². The van der Waals surface area contributed by atoms with Crippen LogP contribution in [0.3, 0.4) is 0 Å². The SMILES string of the molecule is O=C(c1ccc(NC2CCS(=O)(=O)C2)nc1)N1CCc2ccccc21. The van der Waals surface area contributed by atoms with E-state index >= 15 is 0 Å². The summed E-state index contributed by atoms with van der Waals surface area (Å²) in [6.07, 6.45) is 3.01. The molecule has 2 aliphatic heterocycles. The molecule has 2 aliphatic rings. The van der Waals surface area contributed by atoms with Crippen molar-refractivity contribution < 1.29 is 13.2 Å². The number of pyridine rings is 1. The highest BCUT2D eigenvalue weighted by atomic mass is 32.2. The van der Waals surface area contributed by atoms with Gasteiger partial charge in [-0.2, -0.15) is 0 Å². The van der Waals surface area contributed by atoms with Gasteiger partial charge in [0.15, 0.2) is 9.84 Å². The number of nitrogens with one attached hydrogen (secondary N) is 1. The van der Waals surface area contributed by atoms with Gasteiger partial charge in [0.1, 0.15) is 5.82 Å². The van der Waals surface area contributed by atoms with Crippen LogP contribution in [0, 0.1) is 0 Å². The number of aromatic nitrogens is 1. The van der Waals surface area contributed by atoms with E-state index in [1.807, 2.05) is 24.3 Å². The van der Waals surface area contributed by atoms with Gasteiger partial charge in [0.05, 0.1) is 17.1 Å². The molecule has 1 unspecified atom stereocenters. The number of nitrogens with zero attached hydrogens (tertiary/aromatic N) is 2. The molecule has 130 valence electrons. The van der Waals surface area contributed by atoms with Crippen molar-refractivity contribution in [2.75, 3.05) is 28.3 Å². The zero-order valence-electron chi connectivity index (χ0n) is 13.7. The van der Waals surface area contributed by atoms with Crippen LogP contribution in [-0.2, 0) is 16.3 Å². The lowest BCUT2D eigenvalue weighted by Crippen LogP contribution is -2.29. The molecule has 6 nitrogen and oxygen atoms in total. The number of anilines is 2. The molecule has 0 radical (unpaired) electrons. The smallest absolute Gasteiger partial charge is 0.259 e. The number of rotatable bonds is 3. The summed E-state index contributed by atoms with van der Waals surface area (Å²) in [4.78, 5) is 18.8. The van der Waals surface area contributed by atoms with Gasteiger partial charge in [0.25, 0.3) is 5.91 Å². The minimum absolute atomic E-state index is 0.0626. The van der Waals surface area contributed by atoms with Gasteiger partial charge in [-0.25, -0.2) is 13.4 Å². The van der Waals surface area contributed by atoms with Crippen LogP contribution >= 0.6 is 0 Å². The van der Waals surface area contributed by atoms with Crippen molar-refractivity contribution in [3.63, 3.8) is 0 Å². The van der Waals surface area contributed by atoms with Gasteiger partial charge in [-0.05, 0) is 36.6 Å². The predicted octanol–water partition coefficient (Wildman–Crippen LogP) is 1.88. The monoisotopic (exact) mass is 357 g/mol. The number of hydrogen-bond acceptors (Lipinski definition) is 5. The lowest BCUT2D eigenvalue weighted by Gasteiger charge is -2.17. The van der Waals surface area contributed by atoms with E-state index in [1.165, 1.54) is 5.56 Å². The number of benzene rings is 1. The van der Waals surface area contributed by atoms with E-state index in [1.54, 1.807) is 23.2 Å². The molecule has 1 amide bonds. The number of carbonyl (C=O) groups is 1. The molecule has 1 aromatic heterocycles. The summed E-state index contributed by atoms with van der Waals surface area (Å²) in [5, 5.41) is 3.13. The standard InChI is InChI=1S/C18H19N3O3S/c22-18(21-9-7-13-3-1-2-4-16(13)21)14-5-6-17(19-11-14)20-15-8-10-25(23,24)12-15/h1-6,11,15H,7-10,12H2,(H,19,20). The molecule has 1 saturated heterocycles. The number of para-hydroxylation sites is 1. The number of hydrogen-bond donors (Lipinski definition) is 1. The lowest BCUT2D eigenvalue weighted by atomic mass is 10.2. The van der Waals surface area contributed by atoms with Crippen LogP contribution < -0.4 is 10.2 Å². The van der Waals surface area contributed by atoms with Crippen molar-refractivity contribution in [2.24, 2.45) is 0 Å². The third-order valence-corrected chi connectivity index (χ3v) is 6.50. The molecule has 1 N–H and O–H groups in total. The molecule has 1 fully saturated rings. The van der Waals surface area contributed by atoms with Crippen LogP contribution in [0.5, 0.6) is 0 Å². The Hall–Kier alpha value is -2.41. The van der Waals surface area contributed by atoms with Crippen molar-refractivity contribution in [3.8, 4) is 0 Å². The van der Waals surface area contributed by atoms with Gasteiger partial charge >= 0.3 is 0 Å². The van der Waals surface area contributed by atoms with E-state index in [-0.39, 0.29) is 23.5 Å². The summed E-state index contributed by atoms with van der Waals surface area (Å²) in [7, 11) is -2.93.